The standard InChI is InChI=1S/C14H23N3O3S/c1-4-9-16-21(19,20)12-8-6-5-7-11(12)17-13(10(2)3)14(15)18/h5-8,10,13,16-17H,4,9H2,1-3H3,(H2,15,18). The Hall–Kier alpha value is -1.60. The fourth-order valence-corrected chi connectivity index (χ4v) is 3.17. The predicted octanol–water partition coefficient (Wildman–Crippen LogP) is 1.30. The van der Waals surface area contributed by atoms with Crippen LogP contribution in [0.3, 0.4) is 0 Å². The fraction of sp³-hybridized carbons (Fsp3) is 0.500. The van der Waals surface area contributed by atoms with Gasteiger partial charge in [-0.05, 0) is 24.5 Å². The highest BCUT2D eigenvalue weighted by atomic mass is 32.2. The van der Waals surface area contributed by atoms with E-state index < -0.39 is 22.0 Å². The van der Waals surface area contributed by atoms with Crippen molar-refractivity contribution in [3.05, 3.63) is 24.3 Å². The summed E-state index contributed by atoms with van der Waals surface area (Å²) in [6.07, 6.45) is 0.699. The molecule has 0 heterocycles. The quantitative estimate of drug-likeness (QED) is 0.673. The number of carbonyl (C=O) groups excluding carboxylic acids is 1. The second kappa shape index (κ2) is 7.42. The van der Waals surface area contributed by atoms with E-state index in [2.05, 4.69) is 10.0 Å². The molecule has 0 radical (unpaired) electrons. The van der Waals surface area contributed by atoms with E-state index in [1.54, 1.807) is 18.2 Å². The lowest BCUT2D eigenvalue weighted by Gasteiger charge is -2.22. The Bertz CT molecular complexity index is 585. The number of rotatable bonds is 8. The third kappa shape index (κ3) is 4.71. The average Bonchev–Trinajstić information content (AvgIpc) is 2.42. The van der Waals surface area contributed by atoms with E-state index in [0.717, 1.165) is 0 Å². The highest BCUT2D eigenvalue weighted by molar-refractivity contribution is 7.89. The van der Waals surface area contributed by atoms with Crippen molar-refractivity contribution in [2.45, 2.75) is 38.1 Å². The number of nitrogens with two attached hydrogens (primary N) is 1. The number of carbonyl (C=O) groups is 1. The molecule has 0 aromatic heterocycles. The molecule has 6 nitrogen and oxygen atoms in total. The van der Waals surface area contributed by atoms with Gasteiger partial charge in [-0.25, -0.2) is 13.1 Å². The lowest BCUT2D eigenvalue weighted by atomic mass is 10.0. The molecule has 0 aliphatic heterocycles. The van der Waals surface area contributed by atoms with Gasteiger partial charge in [-0.2, -0.15) is 0 Å². The molecule has 1 unspecified atom stereocenters. The summed E-state index contributed by atoms with van der Waals surface area (Å²) in [5, 5.41) is 2.94. The molecule has 4 N–H and O–H groups in total. The Morgan fingerprint density at radius 2 is 1.90 bits per heavy atom. The first-order valence-corrected chi connectivity index (χ1v) is 8.42. The van der Waals surface area contributed by atoms with Gasteiger partial charge in [0.05, 0.1) is 5.69 Å². The van der Waals surface area contributed by atoms with Crippen molar-refractivity contribution in [3.63, 3.8) is 0 Å². The highest BCUT2D eigenvalue weighted by Gasteiger charge is 2.23. The van der Waals surface area contributed by atoms with Crippen LogP contribution in [0.4, 0.5) is 5.69 Å². The van der Waals surface area contributed by atoms with Gasteiger partial charge in [-0.1, -0.05) is 32.9 Å². The first-order valence-electron chi connectivity index (χ1n) is 6.94. The van der Waals surface area contributed by atoms with Crippen LogP contribution in [-0.4, -0.2) is 26.9 Å². The molecular weight excluding hydrogens is 290 g/mol. The van der Waals surface area contributed by atoms with Crippen LogP contribution in [-0.2, 0) is 14.8 Å². The molecule has 0 spiro atoms. The molecule has 0 saturated carbocycles. The van der Waals surface area contributed by atoms with Crippen LogP contribution in [0.1, 0.15) is 27.2 Å². The van der Waals surface area contributed by atoms with E-state index in [1.165, 1.54) is 6.07 Å². The Labute approximate surface area is 126 Å². The van der Waals surface area contributed by atoms with Gasteiger partial charge in [-0.15, -0.1) is 0 Å². The molecule has 7 heteroatoms. The van der Waals surface area contributed by atoms with E-state index in [1.807, 2.05) is 20.8 Å². The lowest BCUT2D eigenvalue weighted by molar-refractivity contribution is -0.119. The number of primary amides is 1. The summed E-state index contributed by atoms with van der Waals surface area (Å²) >= 11 is 0. The van der Waals surface area contributed by atoms with Crippen molar-refractivity contribution in [1.29, 1.82) is 0 Å². The van der Waals surface area contributed by atoms with Gasteiger partial charge < -0.3 is 11.1 Å². The maximum Gasteiger partial charge on any atom is 0.242 e. The van der Waals surface area contributed by atoms with Gasteiger partial charge >= 0.3 is 0 Å². The second-order valence-electron chi connectivity index (χ2n) is 5.16. The van der Waals surface area contributed by atoms with Crippen LogP contribution < -0.4 is 15.8 Å². The van der Waals surface area contributed by atoms with Gasteiger partial charge in [0.2, 0.25) is 15.9 Å². The third-order valence-corrected chi connectivity index (χ3v) is 4.52. The van der Waals surface area contributed by atoms with Crippen molar-refractivity contribution in [3.8, 4) is 0 Å². The molecule has 0 bridgehead atoms. The molecule has 1 atom stereocenters. The second-order valence-corrected chi connectivity index (χ2v) is 6.90. The van der Waals surface area contributed by atoms with Crippen LogP contribution in [0.2, 0.25) is 0 Å². The van der Waals surface area contributed by atoms with Crippen molar-refractivity contribution in [2.24, 2.45) is 11.7 Å². The van der Waals surface area contributed by atoms with Crippen molar-refractivity contribution in [1.82, 2.24) is 4.72 Å². The van der Waals surface area contributed by atoms with Gasteiger partial charge in [0.1, 0.15) is 10.9 Å². The zero-order valence-corrected chi connectivity index (χ0v) is 13.4. The van der Waals surface area contributed by atoms with Crippen LogP contribution in [0.15, 0.2) is 29.2 Å². The lowest BCUT2D eigenvalue weighted by Crippen LogP contribution is -2.40. The van der Waals surface area contributed by atoms with E-state index in [4.69, 9.17) is 5.73 Å². The topological polar surface area (TPSA) is 101 Å². The van der Waals surface area contributed by atoms with Crippen LogP contribution in [0.25, 0.3) is 0 Å². The zero-order chi connectivity index (χ0) is 16.0. The van der Waals surface area contributed by atoms with Crippen LogP contribution in [0.5, 0.6) is 0 Å². The number of benzene rings is 1. The maximum atomic E-state index is 12.3. The van der Waals surface area contributed by atoms with Crippen molar-refractivity contribution in [2.75, 3.05) is 11.9 Å². The smallest absolute Gasteiger partial charge is 0.242 e. The Morgan fingerprint density at radius 3 is 2.43 bits per heavy atom. The first-order chi connectivity index (χ1) is 9.79. The predicted molar refractivity (Wildman–Crippen MR) is 83.4 cm³/mol. The number of hydrogen-bond acceptors (Lipinski definition) is 4. The third-order valence-electron chi connectivity index (χ3n) is 3.00. The summed E-state index contributed by atoms with van der Waals surface area (Å²) in [4.78, 5) is 11.6. The maximum absolute atomic E-state index is 12.3. The van der Waals surface area contributed by atoms with Crippen molar-refractivity contribution >= 4 is 21.6 Å². The number of amides is 1. The summed E-state index contributed by atoms with van der Waals surface area (Å²) in [5.74, 6) is -0.569. The van der Waals surface area contributed by atoms with E-state index >= 15 is 0 Å². The fourth-order valence-electron chi connectivity index (χ4n) is 1.87. The molecule has 118 valence electrons. The normalized spacial score (nSPS) is 13.1. The van der Waals surface area contributed by atoms with E-state index in [-0.39, 0.29) is 10.8 Å². The number of sulfonamides is 1. The monoisotopic (exact) mass is 313 g/mol. The number of nitrogens with one attached hydrogen (secondary N) is 2. The molecule has 1 amide bonds. The molecule has 1 aromatic carbocycles. The highest BCUT2D eigenvalue weighted by Crippen LogP contribution is 2.22. The molecule has 1 aromatic rings. The van der Waals surface area contributed by atoms with Crippen LogP contribution >= 0.6 is 0 Å². The van der Waals surface area contributed by atoms with Gasteiger partial charge in [0.15, 0.2) is 0 Å². The summed E-state index contributed by atoms with van der Waals surface area (Å²) in [5.41, 5.74) is 5.73. The molecule has 0 aliphatic rings. The summed E-state index contributed by atoms with van der Waals surface area (Å²) in [6.45, 7) is 5.93. The molecule has 0 aliphatic carbocycles. The van der Waals surface area contributed by atoms with Gasteiger partial charge in [0.25, 0.3) is 0 Å². The minimum absolute atomic E-state index is 0.0538. The minimum Gasteiger partial charge on any atom is -0.372 e. The largest absolute Gasteiger partial charge is 0.372 e. The average molecular weight is 313 g/mol. The first kappa shape index (κ1) is 17.5. The summed E-state index contributed by atoms with van der Waals surface area (Å²) in [7, 11) is -3.61. The molecule has 1 rings (SSSR count). The van der Waals surface area contributed by atoms with Crippen LogP contribution in [0, 0.1) is 5.92 Å². The molecule has 0 fully saturated rings. The van der Waals surface area contributed by atoms with Crippen molar-refractivity contribution < 1.29 is 13.2 Å². The Morgan fingerprint density at radius 1 is 1.29 bits per heavy atom. The molecule has 21 heavy (non-hydrogen) atoms. The molecular formula is C14H23N3O3S. The summed E-state index contributed by atoms with van der Waals surface area (Å²) in [6, 6.07) is 5.84. The Kier molecular flexibility index (Phi) is 6.17. The zero-order valence-electron chi connectivity index (χ0n) is 12.6. The Balaban J connectivity index is 3.12. The number of hydrogen-bond donors (Lipinski definition) is 3. The minimum atomic E-state index is -3.61. The SMILES string of the molecule is CCCNS(=O)(=O)c1ccccc1NC(C(N)=O)C(C)C. The number of anilines is 1. The number of para-hydroxylation sites is 1. The van der Waals surface area contributed by atoms with E-state index in [0.29, 0.717) is 18.7 Å². The summed E-state index contributed by atoms with van der Waals surface area (Å²) < 4.78 is 27.0. The molecule has 0 saturated heterocycles. The van der Waals surface area contributed by atoms with Gasteiger partial charge in [0, 0.05) is 6.54 Å². The van der Waals surface area contributed by atoms with E-state index in [9.17, 15) is 13.2 Å². The van der Waals surface area contributed by atoms with Gasteiger partial charge in [-0.3, -0.25) is 4.79 Å².